The van der Waals surface area contributed by atoms with E-state index in [1.54, 1.807) is 6.26 Å². The van der Waals surface area contributed by atoms with E-state index >= 15 is 0 Å². The molecule has 0 radical (unpaired) electrons. The Labute approximate surface area is 73.6 Å². The highest BCUT2D eigenvalue weighted by Gasteiger charge is 2.27. The van der Waals surface area contributed by atoms with Crippen LogP contribution in [-0.4, -0.2) is 5.97 Å². The van der Waals surface area contributed by atoms with Crippen molar-refractivity contribution in [1.29, 1.82) is 0 Å². The van der Waals surface area contributed by atoms with E-state index < -0.39 is 0 Å². The highest BCUT2D eigenvalue weighted by molar-refractivity contribution is 5.78. The monoisotopic (exact) mass is 168 g/mol. The Balaban J connectivity index is 2.48. The van der Waals surface area contributed by atoms with Gasteiger partial charge in [0.15, 0.2) is 0 Å². The van der Waals surface area contributed by atoms with E-state index in [1.807, 2.05) is 0 Å². The average molecular weight is 168 g/mol. The van der Waals surface area contributed by atoms with Crippen molar-refractivity contribution < 1.29 is 9.53 Å². The van der Waals surface area contributed by atoms with Gasteiger partial charge in [-0.3, -0.25) is 4.79 Å². The lowest BCUT2D eigenvalue weighted by atomic mass is 9.94. The molecular formula is C10H16O2. The second kappa shape index (κ2) is 4.29. The summed E-state index contributed by atoms with van der Waals surface area (Å²) < 4.78 is 4.87. The zero-order chi connectivity index (χ0) is 8.97. The molecule has 12 heavy (non-hydrogen) atoms. The summed E-state index contributed by atoms with van der Waals surface area (Å²) in [6, 6.07) is 0. The summed E-state index contributed by atoms with van der Waals surface area (Å²) in [7, 11) is 0. The van der Waals surface area contributed by atoms with Crippen LogP contribution in [0.2, 0.25) is 0 Å². The molecule has 0 amide bonds. The molecule has 0 saturated heterocycles. The molecule has 0 saturated carbocycles. The van der Waals surface area contributed by atoms with Crippen molar-refractivity contribution in [3.8, 4) is 0 Å². The van der Waals surface area contributed by atoms with E-state index in [9.17, 15) is 4.79 Å². The van der Waals surface area contributed by atoms with Crippen molar-refractivity contribution in [1.82, 2.24) is 0 Å². The SMILES string of the molecule is CCCCC1C(=O)OC=C1CC. The van der Waals surface area contributed by atoms with Crippen LogP contribution in [0.3, 0.4) is 0 Å². The van der Waals surface area contributed by atoms with Crippen LogP contribution >= 0.6 is 0 Å². The van der Waals surface area contributed by atoms with Gasteiger partial charge in [-0.25, -0.2) is 0 Å². The predicted octanol–water partition coefficient (Wildman–Crippen LogP) is 2.64. The van der Waals surface area contributed by atoms with Crippen LogP contribution in [0.1, 0.15) is 39.5 Å². The van der Waals surface area contributed by atoms with Crippen molar-refractivity contribution in [2.45, 2.75) is 39.5 Å². The maximum atomic E-state index is 11.2. The molecule has 0 aliphatic carbocycles. The number of carbonyl (C=O) groups excluding carboxylic acids is 1. The number of esters is 1. The number of unbranched alkanes of at least 4 members (excludes halogenated alkanes) is 1. The highest BCUT2D eigenvalue weighted by Crippen LogP contribution is 2.27. The van der Waals surface area contributed by atoms with Crippen LogP contribution in [0, 0.1) is 5.92 Å². The minimum absolute atomic E-state index is 0.0553. The number of ether oxygens (including phenoxy) is 1. The fourth-order valence-corrected chi connectivity index (χ4v) is 1.49. The van der Waals surface area contributed by atoms with Crippen LogP contribution < -0.4 is 0 Å². The molecule has 0 aromatic heterocycles. The van der Waals surface area contributed by atoms with Gasteiger partial charge in [-0.1, -0.05) is 26.7 Å². The minimum atomic E-state index is -0.0553. The summed E-state index contributed by atoms with van der Waals surface area (Å²) in [6.07, 6.45) is 5.76. The van der Waals surface area contributed by atoms with Gasteiger partial charge in [0.05, 0.1) is 12.2 Å². The average Bonchev–Trinajstić information content (AvgIpc) is 2.43. The Kier molecular flexibility index (Phi) is 3.32. The lowest BCUT2D eigenvalue weighted by molar-refractivity contribution is -0.139. The van der Waals surface area contributed by atoms with E-state index in [0.29, 0.717) is 0 Å². The molecule has 1 atom stereocenters. The molecule has 1 aliphatic rings. The molecular weight excluding hydrogens is 152 g/mol. The number of hydrogen-bond donors (Lipinski definition) is 0. The van der Waals surface area contributed by atoms with E-state index in [1.165, 1.54) is 0 Å². The number of cyclic esters (lactones) is 1. The predicted molar refractivity (Wildman–Crippen MR) is 47.5 cm³/mol. The molecule has 0 aromatic carbocycles. The fourth-order valence-electron chi connectivity index (χ4n) is 1.49. The Morgan fingerprint density at radius 3 is 2.83 bits per heavy atom. The molecule has 1 rings (SSSR count). The summed E-state index contributed by atoms with van der Waals surface area (Å²) in [5, 5.41) is 0. The van der Waals surface area contributed by atoms with Gasteiger partial charge in [0.1, 0.15) is 0 Å². The molecule has 0 N–H and O–H groups in total. The maximum absolute atomic E-state index is 11.2. The van der Waals surface area contributed by atoms with Gasteiger partial charge in [-0.15, -0.1) is 0 Å². The van der Waals surface area contributed by atoms with E-state index in [2.05, 4.69) is 13.8 Å². The zero-order valence-corrected chi connectivity index (χ0v) is 7.80. The Morgan fingerprint density at radius 1 is 1.50 bits per heavy atom. The quantitative estimate of drug-likeness (QED) is 0.603. The van der Waals surface area contributed by atoms with Crippen molar-refractivity contribution in [2.75, 3.05) is 0 Å². The maximum Gasteiger partial charge on any atom is 0.318 e. The third kappa shape index (κ3) is 1.87. The van der Waals surface area contributed by atoms with Crippen LogP contribution in [0.4, 0.5) is 0 Å². The summed E-state index contributed by atoms with van der Waals surface area (Å²) in [5.74, 6) is 0.00949. The minimum Gasteiger partial charge on any atom is -0.434 e. The first-order valence-electron chi connectivity index (χ1n) is 4.69. The van der Waals surface area contributed by atoms with Gasteiger partial charge in [0, 0.05) is 0 Å². The van der Waals surface area contributed by atoms with Crippen molar-refractivity contribution in [2.24, 2.45) is 5.92 Å². The first-order chi connectivity index (χ1) is 5.79. The van der Waals surface area contributed by atoms with E-state index in [4.69, 9.17) is 4.74 Å². The lowest BCUT2D eigenvalue weighted by Crippen LogP contribution is -2.11. The van der Waals surface area contributed by atoms with Gasteiger partial charge in [0.25, 0.3) is 0 Å². The summed E-state index contributed by atoms with van der Waals surface area (Å²) in [5.41, 5.74) is 1.16. The standard InChI is InChI=1S/C10H16O2/c1-3-5-6-9-8(4-2)7-12-10(9)11/h7,9H,3-6H2,1-2H3. The first kappa shape index (κ1) is 9.30. The molecule has 1 heterocycles. The van der Waals surface area contributed by atoms with Crippen LogP contribution in [0.15, 0.2) is 11.8 Å². The topological polar surface area (TPSA) is 26.3 Å². The zero-order valence-electron chi connectivity index (χ0n) is 7.80. The largest absolute Gasteiger partial charge is 0.434 e. The van der Waals surface area contributed by atoms with Gasteiger partial charge in [-0.2, -0.15) is 0 Å². The third-order valence-corrected chi connectivity index (χ3v) is 2.31. The molecule has 1 aliphatic heterocycles. The number of carbonyl (C=O) groups is 1. The van der Waals surface area contributed by atoms with Crippen molar-refractivity contribution in [3.63, 3.8) is 0 Å². The molecule has 0 spiro atoms. The highest BCUT2D eigenvalue weighted by atomic mass is 16.5. The summed E-state index contributed by atoms with van der Waals surface area (Å²) >= 11 is 0. The Bertz CT molecular complexity index is 194. The molecule has 0 bridgehead atoms. The molecule has 68 valence electrons. The molecule has 2 heteroatoms. The van der Waals surface area contributed by atoms with Gasteiger partial charge in [-0.05, 0) is 18.4 Å². The van der Waals surface area contributed by atoms with Crippen LogP contribution in [0.5, 0.6) is 0 Å². The molecule has 1 unspecified atom stereocenters. The van der Waals surface area contributed by atoms with Crippen LogP contribution in [-0.2, 0) is 9.53 Å². The molecule has 2 nitrogen and oxygen atoms in total. The van der Waals surface area contributed by atoms with Crippen LogP contribution in [0.25, 0.3) is 0 Å². The van der Waals surface area contributed by atoms with Crippen molar-refractivity contribution in [3.05, 3.63) is 11.8 Å². The van der Waals surface area contributed by atoms with Gasteiger partial charge >= 0.3 is 5.97 Å². The second-order valence-electron chi connectivity index (χ2n) is 3.18. The second-order valence-corrected chi connectivity index (χ2v) is 3.18. The molecule has 0 fully saturated rings. The smallest absolute Gasteiger partial charge is 0.318 e. The normalized spacial score (nSPS) is 22.3. The lowest BCUT2D eigenvalue weighted by Gasteiger charge is -2.07. The summed E-state index contributed by atoms with van der Waals surface area (Å²) in [4.78, 5) is 11.2. The first-order valence-corrected chi connectivity index (χ1v) is 4.69. The summed E-state index contributed by atoms with van der Waals surface area (Å²) in [6.45, 7) is 4.20. The van der Waals surface area contributed by atoms with E-state index in [0.717, 1.165) is 31.3 Å². The molecule has 0 aromatic rings. The van der Waals surface area contributed by atoms with E-state index in [-0.39, 0.29) is 11.9 Å². The van der Waals surface area contributed by atoms with Gasteiger partial charge < -0.3 is 4.74 Å². The fraction of sp³-hybridized carbons (Fsp3) is 0.700. The number of hydrogen-bond acceptors (Lipinski definition) is 2. The van der Waals surface area contributed by atoms with Crippen molar-refractivity contribution >= 4 is 5.97 Å². The Morgan fingerprint density at radius 2 is 2.25 bits per heavy atom. The number of rotatable bonds is 4. The third-order valence-electron chi connectivity index (χ3n) is 2.31. The Hall–Kier alpha value is -0.790. The van der Waals surface area contributed by atoms with Gasteiger partial charge in [0.2, 0.25) is 0 Å².